The van der Waals surface area contributed by atoms with Gasteiger partial charge >= 0.3 is 12.1 Å². The SMILES string of the molecule is COC(=O)c1c(NC(=O)CSc2cccc(NC(=O)/C(=C\c3ccc(OC)cc3)NC(=O)c3ccccc3)c2)sc2c1CCN(C(=O)OC(C)(C)C)C2. The predicted molar refractivity (Wildman–Crippen MR) is 205 cm³/mol. The van der Waals surface area contributed by atoms with Crippen molar-refractivity contribution in [3.05, 3.63) is 112 Å². The van der Waals surface area contributed by atoms with Crippen LogP contribution < -0.4 is 20.7 Å². The summed E-state index contributed by atoms with van der Waals surface area (Å²) in [5.74, 6) is -1.27. The van der Waals surface area contributed by atoms with Gasteiger partial charge in [0.2, 0.25) is 5.91 Å². The molecule has 0 atom stereocenters. The summed E-state index contributed by atoms with van der Waals surface area (Å²) >= 11 is 2.47. The van der Waals surface area contributed by atoms with Crippen LogP contribution in [-0.4, -0.2) is 66.8 Å². The van der Waals surface area contributed by atoms with Crippen molar-refractivity contribution in [1.29, 1.82) is 0 Å². The predicted octanol–water partition coefficient (Wildman–Crippen LogP) is 6.98. The van der Waals surface area contributed by atoms with Gasteiger partial charge in [-0.2, -0.15) is 0 Å². The van der Waals surface area contributed by atoms with E-state index in [4.69, 9.17) is 14.2 Å². The quantitative estimate of drug-likeness (QED) is 0.0837. The van der Waals surface area contributed by atoms with E-state index < -0.39 is 29.5 Å². The maximum atomic E-state index is 13.5. The molecule has 0 aliphatic carbocycles. The van der Waals surface area contributed by atoms with Crippen LogP contribution in [0, 0.1) is 0 Å². The number of esters is 1. The van der Waals surface area contributed by atoms with E-state index in [9.17, 15) is 24.0 Å². The van der Waals surface area contributed by atoms with E-state index in [0.29, 0.717) is 45.4 Å². The summed E-state index contributed by atoms with van der Waals surface area (Å²) in [4.78, 5) is 68.3. The molecule has 12 nitrogen and oxygen atoms in total. The van der Waals surface area contributed by atoms with Gasteiger partial charge in [0.1, 0.15) is 22.0 Å². The molecule has 276 valence electrons. The van der Waals surface area contributed by atoms with Gasteiger partial charge < -0.3 is 35.1 Å². The van der Waals surface area contributed by atoms with Crippen LogP contribution in [0.2, 0.25) is 0 Å². The van der Waals surface area contributed by atoms with E-state index in [1.165, 1.54) is 30.2 Å². The third-order valence-electron chi connectivity index (χ3n) is 7.77. The van der Waals surface area contributed by atoms with Crippen LogP contribution in [0.25, 0.3) is 6.08 Å². The van der Waals surface area contributed by atoms with Gasteiger partial charge in [0.25, 0.3) is 11.8 Å². The maximum absolute atomic E-state index is 13.5. The van der Waals surface area contributed by atoms with Crippen LogP contribution in [0.4, 0.5) is 15.5 Å². The fraction of sp³-hybridized carbons (Fsp3) is 0.256. The summed E-state index contributed by atoms with van der Waals surface area (Å²) in [5.41, 5.74) is 1.91. The lowest BCUT2D eigenvalue weighted by Crippen LogP contribution is -2.39. The number of hydrogen-bond donors (Lipinski definition) is 3. The number of benzene rings is 3. The molecule has 1 aromatic heterocycles. The second-order valence-corrected chi connectivity index (χ2v) is 15.0. The zero-order valence-corrected chi connectivity index (χ0v) is 31.6. The van der Waals surface area contributed by atoms with Gasteiger partial charge in [-0.3, -0.25) is 14.4 Å². The number of carbonyl (C=O) groups excluding carboxylic acids is 5. The molecule has 0 fully saturated rings. The highest BCUT2D eigenvalue weighted by molar-refractivity contribution is 8.00. The van der Waals surface area contributed by atoms with E-state index in [-0.39, 0.29) is 29.5 Å². The molecule has 3 N–H and O–H groups in total. The molecule has 5 rings (SSSR count). The number of carbonyl (C=O) groups is 5. The molecule has 2 heterocycles. The fourth-order valence-corrected chi connectivity index (χ4v) is 7.30. The molecule has 1 aliphatic heterocycles. The number of rotatable bonds is 11. The molecule has 0 saturated heterocycles. The van der Waals surface area contributed by atoms with E-state index in [1.807, 2.05) is 0 Å². The first-order valence-corrected chi connectivity index (χ1v) is 18.4. The fourth-order valence-electron chi connectivity index (χ4n) is 5.27. The minimum Gasteiger partial charge on any atom is -0.497 e. The van der Waals surface area contributed by atoms with E-state index in [2.05, 4.69) is 16.0 Å². The second-order valence-electron chi connectivity index (χ2n) is 12.8. The van der Waals surface area contributed by atoms with Crippen LogP contribution >= 0.6 is 23.1 Å². The highest BCUT2D eigenvalue weighted by atomic mass is 32.2. The van der Waals surface area contributed by atoms with Crippen LogP contribution in [-0.2, 0) is 32.0 Å². The lowest BCUT2D eigenvalue weighted by molar-refractivity contribution is -0.114. The molecular weight excluding hydrogens is 717 g/mol. The maximum Gasteiger partial charge on any atom is 0.410 e. The Morgan fingerprint density at radius 2 is 1.66 bits per heavy atom. The number of thiophene rings is 1. The molecule has 0 spiro atoms. The first-order chi connectivity index (χ1) is 25.3. The molecule has 4 aromatic rings. The molecule has 0 unspecified atom stereocenters. The number of thioether (sulfide) groups is 1. The molecule has 53 heavy (non-hydrogen) atoms. The molecule has 3 aromatic carbocycles. The summed E-state index contributed by atoms with van der Waals surface area (Å²) in [6.45, 7) is 6.00. The molecule has 1 aliphatic rings. The molecule has 14 heteroatoms. The Kier molecular flexibility index (Phi) is 12.6. The van der Waals surface area contributed by atoms with E-state index >= 15 is 0 Å². The minimum atomic E-state index is -0.649. The van der Waals surface area contributed by atoms with Crippen LogP contribution in [0.15, 0.2) is 89.5 Å². The average Bonchev–Trinajstić information content (AvgIpc) is 3.50. The summed E-state index contributed by atoms with van der Waals surface area (Å²) in [7, 11) is 2.84. The lowest BCUT2D eigenvalue weighted by Gasteiger charge is -2.30. The largest absolute Gasteiger partial charge is 0.497 e. The van der Waals surface area contributed by atoms with Gasteiger partial charge in [-0.05, 0) is 86.9 Å². The standard InChI is InChI=1S/C39H40N4O8S2/c1-39(2,3)51-38(48)43-19-18-29-31(22-43)53-36(33(29)37(47)50-5)42-32(44)23-52-28-13-9-12-26(21-28)40-35(46)30(20-24-14-16-27(49-4)17-15-24)41-34(45)25-10-7-6-8-11-25/h6-17,20-21H,18-19,22-23H2,1-5H3,(H,40,46)(H,41,45)(H,42,44)/b30-20+. The van der Waals surface area contributed by atoms with Crippen molar-refractivity contribution in [3.8, 4) is 5.75 Å². The number of anilines is 2. The molecule has 0 radical (unpaired) electrons. The Labute approximate surface area is 315 Å². The molecule has 0 saturated carbocycles. The Balaban J connectivity index is 1.26. The molecule has 0 bridgehead atoms. The third kappa shape index (κ3) is 10.5. The van der Waals surface area contributed by atoms with Crippen LogP contribution in [0.1, 0.15) is 57.5 Å². The van der Waals surface area contributed by atoms with Crippen molar-refractivity contribution in [1.82, 2.24) is 10.2 Å². The number of methoxy groups -OCH3 is 2. The Bertz CT molecular complexity index is 2020. The van der Waals surface area contributed by atoms with Crippen molar-refractivity contribution in [2.24, 2.45) is 0 Å². The highest BCUT2D eigenvalue weighted by Crippen LogP contribution is 2.38. The van der Waals surface area contributed by atoms with Gasteiger partial charge in [-0.15, -0.1) is 23.1 Å². The van der Waals surface area contributed by atoms with Crippen LogP contribution in [0.5, 0.6) is 5.75 Å². The Morgan fingerprint density at radius 1 is 0.925 bits per heavy atom. The number of ether oxygens (including phenoxy) is 3. The first kappa shape index (κ1) is 38.6. The third-order valence-corrected chi connectivity index (χ3v) is 9.89. The van der Waals surface area contributed by atoms with Crippen molar-refractivity contribution >= 4 is 69.6 Å². The Hall–Kier alpha value is -5.60. The summed E-state index contributed by atoms with van der Waals surface area (Å²) in [6.07, 6.45) is 1.53. The van der Waals surface area contributed by atoms with Gasteiger partial charge in [0, 0.05) is 27.6 Å². The van der Waals surface area contributed by atoms with Gasteiger partial charge in [-0.1, -0.05) is 36.4 Å². The zero-order valence-electron chi connectivity index (χ0n) is 29.9. The molecular formula is C39H40N4O8S2. The van der Waals surface area contributed by atoms with Gasteiger partial charge in [0.05, 0.1) is 32.1 Å². The number of amides is 4. The lowest BCUT2D eigenvalue weighted by atomic mass is 10.0. The van der Waals surface area contributed by atoms with Gasteiger partial charge in [-0.25, -0.2) is 9.59 Å². The topological polar surface area (TPSA) is 152 Å². The second kappa shape index (κ2) is 17.3. The number of fused-ring (bicyclic) bond motifs is 1. The minimum absolute atomic E-state index is 0.000365. The number of hydrogen-bond acceptors (Lipinski definition) is 10. The van der Waals surface area contributed by atoms with Crippen molar-refractivity contribution in [2.75, 3.05) is 37.2 Å². The highest BCUT2D eigenvalue weighted by Gasteiger charge is 2.32. The number of nitrogens with zero attached hydrogens (tertiary/aromatic N) is 1. The average molecular weight is 757 g/mol. The smallest absolute Gasteiger partial charge is 0.410 e. The number of nitrogens with one attached hydrogen (secondary N) is 3. The summed E-state index contributed by atoms with van der Waals surface area (Å²) < 4.78 is 15.8. The Morgan fingerprint density at radius 3 is 2.34 bits per heavy atom. The van der Waals surface area contributed by atoms with Crippen molar-refractivity contribution < 1.29 is 38.2 Å². The summed E-state index contributed by atoms with van der Waals surface area (Å²) in [5, 5.41) is 8.78. The summed E-state index contributed by atoms with van der Waals surface area (Å²) in [6, 6.07) is 22.6. The van der Waals surface area contributed by atoms with E-state index in [0.717, 1.165) is 10.4 Å². The van der Waals surface area contributed by atoms with Crippen LogP contribution in [0.3, 0.4) is 0 Å². The zero-order chi connectivity index (χ0) is 38.1. The normalized spacial score (nSPS) is 12.6. The van der Waals surface area contributed by atoms with Gasteiger partial charge in [0.15, 0.2) is 0 Å². The monoisotopic (exact) mass is 756 g/mol. The van der Waals surface area contributed by atoms with Crippen molar-refractivity contribution in [2.45, 2.75) is 44.2 Å². The first-order valence-electron chi connectivity index (χ1n) is 16.6. The molecule has 4 amide bonds. The van der Waals surface area contributed by atoms with E-state index in [1.54, 1.807) is 118 Å². The van der Waals surface area contributed by atoms with Crippen molar-refractivity contribution in [3.63, 3.8) is 0 Å².